The Labute approximate surface area is 101 Å². The highest BCUT2D eigenvalue weighted by molar-refractivity contribution is 5.68. The number of benzene rings is 1. The molecule has 0 radical (unpaired) electrons. The van der Waals surface area contributed by atoms with Crippen molar-refractivity contribution in [2.24, 2.45) is 0 Å². The van der Waals surface area contributed by atoms with Crippen LogP contribution in [0.1, 0.15) is 11.1 Å². The molecule has 0 saturated carbocycles. The molecule has 0 spiro atoms. The Balaban J connectivity index is 2.74. The summed E-state index contributed by atoms with van der Waals surface area (Å²) in [6.07, 6.45) is 0. The van der Waals surface area contributed by atoms with Crippen molar-refractivity contribution in [3.05, 3.63) is 11.1 Å². The van der Waals surface area contributed by atoms with Gasteiger partial charge in [-0.15, -0.1) is 0 Å². The van der Waals surface area contributed by atoms with Gasteiger partial charge in [0.2, 0.25) is 11.5 Å². The quantitative estimate of drug-likeness (QED) is 0.858. The SMILES string of the molecule is COc1c2c(c(OC)c(OC)c1OC)CNC2. The average Bonchev–Trinajstić information content (AvgIpc) is 2.84. The van der Waals surface area contributed by atoms with Crippen molar-refractivity contribution in [3.63, 3.8) is 0 Å². The maximum atomic E-state index is 5.42. The lowest BCUT2D eigenvalue weighted by Gasteiger charge is -2.19. The molecule has 1 aromatic rings. The van der Waals surface area contributed by atoms with Crippen LogP contribution < -0.4 is 24.3 Å². The molecule has 0 bridgehead atoms. The number of hydrogen-bond acceptors (Lipinski definition) is 5. The Hall–Kier alpha value is -1.62. The van der Waals surface area contributed by atoms with E-state index in [1.807, 2.05) is 0 Å². The third-order valence-electron chi connectivity index (χ3n) is 2.95. The van der Waals surface area contributed by atoms with E-state index in [0.717, 1.165) is 24.2 Å². The summed E-state index contributed by atoms with van der Waals surface area (Å²) in [6, 6.07) is 0. The van der Waals surface area contributed by atoms with Gasteiger partial charge in [-0.2, -0.15) is 0 Å². The van der Waals surface area contributed by atoms with Crippen molar-refractivity contribution in [3.8, 4) is 23.0 Å². The van der Waals surface area contributed by atoms with E-state index in [4.69, 9.17) is 18.9 Å². The average molecular weight is 239 g/mol. The van der Waals surface area contributed by atoms with Crippen LogP contribution in [0.15, 0.2) is 0 Å². The number of ether oxygens (including phenoxy) is 4. The van der Waals surface area contributed by atoms with Crippen LogP contribution in [-0.4, -0.2) is 28.4 Å². The number of fused-ring (bicyclic) bond motifs is 1. The van der Waals surface area contributed by atoms with Crippen LogP contribution in [0.5, 0.6) is 23.0 Å². The maximum Gasteiger partial charge on any atom is 0.207 e. The molecular weight excluding hydrogens is 222 g/mol. The minimum Gasteiger partial charge on any atom is -0.492 e. The molecule has 1 aromatic carbocycles. The number of rotatable bonds is 4. The highest BCUT2D eigenvalue weighted by Crippen LogP contribution is 2.50. The standard InChI is InChI=1S/C12H17NO4/c1-14-9-7-5-13-6-8(7)10(15-2)12(17-4)11(9)16-3/h13H,5-6H2,1-4H3. The lowest BCUT2D eigenvalue weighted by atomic mass is 10.1. The van der Waals surface area contributed by atoms with E-state index in [0.29, 0.717) is 23.0 Å². The molecule has 1 aliphatic rings. The van der Waals surface area contributed by atoms with Gasteiger partial charge in [0.25, 0.3) is 0 Å². The van der Waals surface area contributed by atoms with Crippen molar-refractivity contribution < 1.29 is 18.9 Å². The first-order chi connectivity index (χ1) is 8.28. The lowest BCUT2D eigenvalue weighted by molar-refractivity contribution is 0.303. The summed E-state index contributed by atoms with van der Waals surface area (Å²) in [5.74, 6) is 2.58. The van der Waals surface area contributed by atoms with Crippen molar-refractivity contribution in [1.82, 2.24) is 5.32 Å². The van der Waals surface area contributed by atoms with Gasteiger partial charge in [-0.25, -0.2) is 0 Å². The Morgan fingerprint density at radius 3 is 1.29 bits per heavy atom. The summed E-state index contributed by atoms with van der Waals surface area (Å²) in [5.41, 5.74) is 2.14. The van der Waals surface area contributed by atoms with Crippen molar-refractivity contribution >= 4 is 0 Å². The van der Waals surface area contributed by atoms with Crippen molar-refractivity contribution in [2.45, 2.75) is 13.1 Å². The maximum absolute atomic E-state index is 5.42. The minimum absolute atomic E-state index is 0.578. The predicted octanol–water partition coefficient (Wildman–Crippen LogP) is 1.32. The predicted molar refractivity (Wildman–Crippen MR) is 63.2 cm³/mol. The van der Waals surface area contributed by atoms with Gasteiger partial charge < -0.3 is 24.3 Å². The summed E-state index contributed by atoms with van der Waals surface area (Å²) in [6.45, 7) is 1.49. The first-order valence-electron chi connectivity index (χ1n) is 5.36. The van der Waals surface area contributed by atoms with Crippen LogP contribution in [0.2, 0.25) is 0 Å². The van der Waals surface area contributed by atoms with Crippen LogP contribution in [-0.2, 0) is 13.1 Å². The summed E-state index contributed by atoms with van der Waals surface area (Å²) < 4.78 is 21.6. The first-order valence-corrected chi connectivity index (χ1v) is 5.36. The molecule has 0 aromatic heterocycles. The van der Waals surface area contributed by atoms with Gasteiger partial charge in [0.1, 0.15) is 0 Å². The Bertz CT molecular complexity index is 392. The van der Waals surface area contributed by atoms with Gasteiger partial charge in [-0.05, 0) is 0 Å². The molecule has 1 heterocycles. The third kappa shape index (κ3) is 1.67. The van der Waals surface area contributed by atoms with Crippen LogP contribution >= 0.6 is 0 Å². The molecule has 0 amide bonds. The molecule has 1 N–H and O–H groups in total. The molecule has 0 saturated heterocycles. The Morgan fingerprint density at radius 2 is 1.00 bits per heavy atom. The second-order valence-corrected chi connectivity index (χ2v) is 3.69. The number of nitrogens with one attached hydrogen (secondary N) is 1. The van der Waals surface area contributed by atoms with E-state index < -0.39 is 0 Å². The zero-order chi connectivity index (χ0) is 12.4. The van der Waals surface area contributed by atoms with E-state index in [1.54, 1.807) is 28.4 Å². The van der Waals surface area contributed by atoms with E-state index in [2.05, 4.69) is 5.32 Å². The Kier molecular flexibility index (Phi) is 3.28. The molecule has 94 valence electrons. The molecule has 2 rings (SSSR count). The molecule has 5 heteroatoms. The molecule has 0 fully saturated rings. The molecule has 5 nitrogen and oxygen atoms in total. The fourth-order valence-electron chi connectivity index (χ4n) is 2.24. The van der Waals surface area contributed by atoms with Gasteiger partial charge >= 0.3 is 0 Å². The second-order valence-electron chi connectivity index (χ2n) is 3.69. The highest BCUT2D eigenvalue weighted by Gasteiger charge is 2.29. The minimum atomic E-state index is 0.578. The van der Waals surface area contributed by atoms with Crippen LogP contribution in [0.3, 0.4) is 0 Å². The van der Waals surface area contributed by atoms with Gasteiger partial charge in [0.05, 0.1) is 28.4 Å². The van der Waals surface area contributed by atoms with Crippen LogP contribution in [0, 0.1) is 0 Å². The second kappa shape index (κ2) is 4.71. The van der Waals surface area contributed by atoms with E-state index >= 15 is 0 Å². The lowest BCUT2D eigenvalue weighted by Crippen LogP contribution is -2.02. The van der Waals surface area contributed by atoms with Crippen LogP contribution in [0.4, 0.5) is 0 Å². The van der Waals surface area contributed by atoms with E-state index in [1.165, 1.54) is 0 Å². The monoisotopic (exact) mass is 239 g/mol. The number of methoxy groups -OCH3 is 4. The van der Waals surface area contributed by atoms with Gasteiger partial charge in [0, 0.05) is 24.2 Å². The molecule has 0 unspecified atom stereocenters. The molecule has 1 aliphatic heterocycles. The third-order valence-corrected chi connectivity index (χ3v) is 2.95. The Morgan fingerprint density at radius 1 is 0.647 bits per heavy atom. The zero-order valence-electron chi connectivity index (χ0n) is 10.5. The van der Waals surface area contributed by atoms with Gasteiger partial charge in [-0.3, -0.25) is 0 Å². The summed E-state index contributed by atoms with van der Waals surface area (Å²) in [7, 11) is 6.44. The zero-order valence-corrected chi connectivity index (χ0v) is 10.5. The van der Waals surface area contributed by atoms with Gasteiger partial charge in [-0.1, -0.05) is 0 Å². The largest absolute Gasteiger partial charge is 0.492 e. The summed E-state index contributed by atoms with van der Waals surface area (Å²) in [5, 5.41) is 3.27. The fraction of sp³-hybridized carbons (Fsp3) is 0.500. The first kappa shape index (κ1) is 11.9. The molecular formula is C12H17NO4. The van der Waals surface area contributed by atoms with E-state index in [-0.39, 0.29) is 0 Å². The van der Waals surface area contributed by atoms with Crippen LogP contribution in [0.25, 0.3) is 0 Å². The highest BCUT2D eigenvalue weighted by atomic mass is 16.5. The smallest absolute Gasteiger partial charge is 0.207 e. The van der Waals surface area contributed by atoms with Crippen molar-refractivity contribution in [1.29, 1.82) is 0 Å². The van der Waals surface area contributed by atoms with Crippen molar-refractivity contribution in [2.75, 3.05) is 28.4 Å². The molecule has 0 atom stereocenters. The fourth-order valence-corrected chi connectivity index (χ4v) is 2.24. The molecule has 0 aliphatic carbocycles. The van der Waals surface area contributed by atoms with Gasteiger partial charge in [0.15, 0.2) is 11.5 Å². The van der Waals surface area contributed by atoms with E-state index in [9.17, 15) is 0 Å². The number of hydrogen-bond donors (Lipinski definition) is 1. The summed E-state index contributed by atoms with van der Waals surface area (Å²) in [4.78, 5) is 0. The molecule has 17 heavy (non-hydrogen) atoms. The topological polar surface area (TPSA) is 49.0 Å². The summed E-state index contributed by atoms with van der Waals surface area (Å²) >= 11 is 0. The normalized spacial score (nSPS) is 13.2.